The van der Waals surface area contributed by atoms with Crippen LogP contribution in [0, 0.1) is 0 Å². The van der Waals surface area contributed by atoms with Gasteiger partial charge in [-0.1, -0.05) is 6.07 Å². The summed E-state index contributed by atoms with van der Waals surface area (Å²) in [5, 5.41) is 2.87. The van der Waals surface area contributed by atoms with E-state index >= 15 is 0 Å². The van der Waals surface area contributed by atoms with Crippen LogP contribution >= 0.6 is 0 Å². The summed E-state index contributed by atoms with van der Waals surface area (Å²) in [7, 11) is 0. The molecule has 2 atom stereocenters. The highest BCUT2D eigenvalue weighted by atomic mass is 16.5. The predicted molar refractivity (Wildman–Crippen MR) is 78.8 cm³/mol. The number of carbonyl (C=O) groups excluding carboxylic acids is 1. The van der Waals surface area contributed by atoms with Crippen molar-refractivity contribution in [1.29, 1.82) is 0 Å². The van der Waals surface area contributed by atoms with Gasteiger partial charge in [0.2, 0.25) is 11.8 Å². The first-order chi connectivity index (χ1) is 10.1. The van der Waals surface area contributed by atoms with Gasteiger partial charge >= 0.3 is 0 Å². The zero-order valence-electron chi connectivity index (χ0n) is 12.5. The maximum atomic E-state index is 12.1. The zero-order chi connectivity index (χ0) is 15.2. The Balaban J connectivity index is 1.89. The second kappa shape index (κ2) is 7.38. The molecular weight excluding hydrogens is 270 g/mol. The fourth-order valence-corrected chi connectivity index (χ4v) is 2.26. The standard InChI is InChI=1S/C15H23N3O3/c1-10(2)20-15-11(4-3-7-17-15)9-18-14(19)13-6-5-12(8-16)21-13/h3-4,7,10,12-13H,5-6,8-9,16H2,1-2H3,(H,18,19). The maximum absolute atomic E-state index is 12.1. The second-order valence-corrected chi connectivity index (χ2v) is 5.41. The summed E-state index contributed by atoms with van der Waals surface area (Å²) in [6, 6.07) is 3.72. The minimum absolute atomic E-state index is 0.000947. The van der Waals surface area contributed by atoms with Crippen LogP contribution in [-0.4, -0.2) is 35.7 Å². The molecule has 116 valence electrons. The van der Waals surface area contributed by atoms with E-state index in [9.17, 15) is 4.79 Å². The number of nitrogens with zero attached hydrogens (tertiary/aromatic N) is 1. The molecule has 6 heteroatoms. The number of nitrogens with one attached hydrogen (secondary N) is 1. The van der Waals surface area contributed by atoms with E-state index in [0.717, 1.165) is 18.4 Å². The molecule has 2 unspecified atom stereocenters. The number of hydrogen-bond acceptors (Lipinski definition) is 5. The fraction of sp³-hybridized carbons (Fsp3) is 0.600. The minimum atomic E-state index is -0.398. The lowest BCUT2D eigenvalue weighted by Crippen LogP contribution is -2.35. The molecule has 6 nitrogen and oxygen atoms in total. The molecule has 1 aromatic rings. The van der Waals surface area contributed by atoms with Crippen molar-refractivity contribution in [3.8, 4) is 5.88 Å². The van der Waals surface area contributed by atoms with Crippen molar-refractivity contribution >= 4 is 5.91 Å². The lowest BCUT2D eigenvalue weighted by Gasteiger charge is -2.15. The van der Waals surface area contributed by atoms with Gasteiger partial charge in [-0.05, 0) is 32.8 Å². The summed E-state index contributed by atoms with van der Waals surface area (Å²) in [5.74, 6) is 0.449. The van der Waals surface area contributed by atoms with Gasteiger partial charge in [-0.3, -0.25) is 4.79 Å². The number of hydrogen-bond donors (Lipinski definition) is 2. The molecule has 0 aromatic carbocycles. The minimum Gasteiger partial charge on any atom is -0.475 e. The van der Waals surface area contributed by atoms with Gasteiger partial charge < -0.3 is 20.5 Å². The first kappa shape index (κ1) is 15.7. The molecular formula is C15H23N3O3. The largest absolute Gasteiger partial charge is 0.475 e. The molecule has 1 aromatic heterocycles. The van der Waals surface area contributed by atoms with E-state index in [1.54, 1.807) is 6.20 Å². The van der Waals surface area contributed by atoms with E-state index in [4.69, 9.17) is 15.2 Å². The van der Waals surface area contributed by atoms with Crippen LogP contribution < -0.4 is 15.8 Å². The van der Waals surface area contributed by atoms with Gasteiger partial charge in [0.05, 0.1) is 12.2 Å². The van der Waals surface area contributed by atoms with Crippen LogP contribution in [0.25, 0.3) is 0 Å². The highest BCUT2D eigenvalue weighted by Gasteiger charge is 2.29. The molecule has 21 heavy (non-hydrogen) atoms. The Bertz CT molecular complexity index is 479. The summed E-state index contributed by atoms with van der Waals surface area (Å²) < 4.78 is 11.2. The van der Waals surface area contributed by atoms with Crippen LogP contribution in [0.1, 0.15) is 32.3 Å². The van der Waals surface area contributed by atoms with Gasteiger partial charge in [0.1, 0.15) is 6.10 Å². The highest BCUT2D eigenvalue weighted by Crippen LogP contribution is 2.20. The van der Waals surface area contributed by atoms with Gasteiger partial charge in [-0.15, -0.1) is 0 Å². The average Bonchev–Trinajstić information content (AvgIpc) is 2.94. The molecule has 1 fully saturated rings. The van der Waals surface area contributed by atoms with Crippen molar-refractivity contribution in [2.75, 3.05) is 6.54 Å². The Morgan fingerprint density at radius 1 is 1.57 bits per heavy atom. The van der Waals surface area contributed by atoms with Crippen molar-refractivity contribution in [3.63, 3.8) is 0 Å². The Morgan fingerprint density at radius 2 is 2.38 bits per heavy atom. The quantitative estimate of drug-likeness (QED) is 0.817. The number of nitrogens with two attached hydrogens (primary N) is 1. The molecule has 2 heterocycles. The zero-order valence-corrected chi connectivity index (χ0v) is 12.5. The Labute approximate surface area is 125 Å². The van der Waals surface area contributed by atoms with Gasteiger partial charge in [0, 0.05) is 24.8 Å². The van der Waals surface area contributed by atoms with Crippen molar-refractivity contribution < 1.29 is 14.3 Å². The average molecular weight is 293 g/mol. The summed E-state index contributed by atoms with van der Waals surface area (Å²) >= 11 is 0. The molecule has 3 N–H and O–H groups in total. The molecule has 1 aliphatic heterocycles. The topological polar surface area (TPSA) is 86.5 Å². The lowest BCUT2D eigenvalue weighted by molar-refractivity contribution is -0.132. The van der Waals surface area contributed by atoms with E-state index < -0.39 is 6.10 Å². The number of aromatic nitrogens is 1. The molecule has 0 saturated carbocycles. The maximum Gasteiger partial charge on any atom is 0.249 e. The normalized spacial score (nSPS) is 21.5. The molecule has 1 amide bonds. The lowest BCUT2D eigenvalue weighted by atomic mass is 10.2. The van der Waals surface area contributed by atoms with E-state index in [2.05, 4.69) is 10.3 Å². The van der Waals surface area contributed by atoms with E-state index in [1.165, 1.54) is 0 Å². The third-order valence-corrected chi connectivity index (χ3v) is 3.31. The van der Waals surface area contributed by atoms with Crippen LogP contribution in [0.4, 0.5) is 0 Å². The Kier molecular flexibility index (Phi) is 5.52. The van der Waals surface area contributed by atoms with E-state index in [1.807, 2.05) is 26.0 Å². The predicted octanol–water partition coefficient (Wildman–Crippen LogP) is 0.991. The molecule has 1 saturated heterocycles. The van der Waals surface area contributed by atoms with Crippen LogP contribution in [-0.2, 0) is 16.1 Å². The Hall–Kier alpha value is -1.66. The number of amides is 1. The van der Waals surface area contributed by atoms with Gasteiger partial charge in [0.15, 0.2) is 0 Å². The van der Waals surface area contributed by atoms with Crippen LogP contribution in [0.3, 0.4) is 0 Å². The third-order valence-electron chi connectivity index (χ3n) is 3.31. The summed E-state index contributed by atoms with van der Waals surface area (Å²) in [4.78, 5) is 16.3. The molecule has 0 radical (unpaired) electrons. The summed E-state index contributed by atoms with van der Waals surface area (Å²) in [6.45, 7) is 4.72. The number of ether oxygens (including phenoxy) is 2. The molecule has 1 aliphatic rings. The Morgan fingerprint density at radius 3 is 3.05 bits per heavy atom. The van der Waals surface area contributed by atoms with E-state index in [0.29, 0.717) is 19.0 Å². The molecule has 0 spiro atoms. The van der Waals surface area contributed by atoms with Gasteiger partial charge in [-0.2, -0.15) is 0 Å². The van der Waals surface area contributed by atoms with Gasteiger partial charge in [0.25, 0.3) is 0 Å². The van der Waals surface area contributed by atoms with Crippen molar-refractivity contribution in [2.24, 2.45) is 5.73 Å². The second-order valence-electron chi connectivity index (χ2n) is 5.41. The molecule has 0 bridgehead atoms. The first-order valence-electron chi connectivity index (χ1n) is 7.34. The summed E-state index contributed by atoms with van der Waals surface area (Å²) in [6.07, 6.45) is 2.87. The smallest absolute Gasteiger partial charge is 0.249 e. The summed E-state index contributed by atoms with van der Waals surface area (Å²) in [5.41, 5.74) is 6.40. The van der Waals surface area contributed by atoms with Crippen molar-refractivity contribution in [1.82, 2.24) is 10.3 Å². The van der Waals surface area contributed by atoms with Crippen LogP contribution in [0.5, 0.6) is 5.88 Å². The fourth-order valence-electron chi connectivity index (χ4n) is 2.26. The van der Waals surface area contributed by atoms with Gasteiger partial charge in [-0.25, -0.2) is 4.98 Å². The first-order valence-corrected chi connectivity index (χ1v) is 7.34. The van der Waals surface area contributed by atoms with E-state index in [-0.39, 0.29) is 18.1 Å². The third kappa shape index (κ3) is 4.41. The SMILES string of the molecule is CC(C)Oc1ncccc1CNC(=O)C1CCC(CN)O1. The molecule has 2 rings (SSSR count). The van der Waals surface area contributed by atoms with Crippen LogP contribution in [0.2, 0.25) is 0 Å². The monoisotopic (exact) mass is 293 g/mol. The van der Waals surface area contributed by atoms with Crippen LogP contribution in [0.15, 0.2) is 18.3 Å². The van der Waals surface area contributed by atoms with Crippen molar-refractivity contribution in [2.45, 2.75) is 51.5 Å². The number of carbonyl (C=O) groups is 1. The molecule has 0 aliphatic carbocycles. The number of pyridine rings is 1. The van der Waals surface area contributed by atoms with Crippen molar-refractivity contribution in [3.05, 3.63) is 23.9 Å². The highest BCUT2D eigenvalue weighted by molar-refractivity contribution is 5.81. The number of rotatable bonds is 6.